The maximum Gasteiger partial charge on any atom is 0.136 e. The first-order valence-electron chi connectivity index (χ1n) is 7.19. The minimum atomic E-state index is 0.384. The standard InChI is InChI=1S/C14H26N2O/c1-3-16-10-9-15(11-12(16)2)8-7-13-5-4-6-14(13)17/h12-13H,3-11H2,1-2H3. The monoisotopic (exact) mass is 238 g/mol. The molecule has 2 atom stereocenters. The second-order valence-electron chi connectivity index (χ2n) is 5.62. The van der Waals surface area contributed by atoms with Gasteiger partial charge in [-0.3, -0.25) is 9.69 Å². The summed E-state index contributed by atoms with van der Waals surface area (Å²) >= 11 is 0. The summed E-state index contributed by atoms with van der Waals surface area (Å²) in [5, 5.41) is 0. The van der Waals surface area contributed by atoms with Gasteiger partial charge in [0, 0.05) is 38.0 Å². The van der Waals surface area contributed by atoms with Crippen molar-refractivity contribution in [3.05, 3.63) is 0 Å². The number of carbonyl (C=O) groups excluding carboxylic acids is 1. The summed E-state index contributed by atoms with van der Waals surface area (Å²) in [6, 6.07) is 0.674. The third-order valence-electron chi connectivity index (χ3n) is 4.48. The Morgan fingerprint density at radius 3 is 2.76 bits per heavy atom. The van der Waals surface area contributed by atoms with E-state index in [2.05, 4.69) is 23.6 Å². The highest BCUT2D eigenvalue weighted by atomic mass is 16.1. The third kappa shape index (κ3) is 3.29. The van der Waals surface area contributed by atoms with Crippen molar-refractivity contribution in [3.63, 3.8) is 0 Å². The number of rotatable bonds is 4. The van der Waals surface area contributed by atoms with Crippen LogP contribution in [-0.4, -0.2) is 54.3 Å². The Kier molecular flexibility index (Phi) is 4.57. The van der Waals surface area contributed by atoms with E-state index in [4.69, 9.17) is 0 Å². The Balaban J connectivity index is 1.72. The van der Waals surface area contributed by atoms with Crippen molar-refractivity contribution in [2.24, 2.45) is 5.92 Å². The van der Waals surface area contributed by atoms with Crippen LogP contribution in [0.2, 0.25) is 0 Å². The van der Waals surface area contributed by atoms with E-state index in [-0.39, 0.29) is 0 Å². The van der Waals surface area contributed by atoms with E-state index in [1.165, 1.54) is 19.6 Å². The molecule has 0 amide bonds. The van der Waals surface area contributed by atoms with Gasteiger partial charge < -0.3 is 4.90 Å². The summed E-state index contributed by atoms with van der Waals surface area (Å²) in [7, 11) is 0. The molecule has 0 aromatic carbocycles. The topological polar surface area (TPSA) is 23.6 Å². The number of hydrogen-bond donors (Lipinski definition) is 0. The zero-order valence-electron chi connectivity index (χ0n) is 11.3. The minimum Gasteiger partial charge on any atom is -0.300 e. The lowest BCUT2D eigenvalue weighted by molar-refractivity contribution is -0.120. The van der Waals surface area contributed by atoms with Crippen LogP contribution >= 0.6 is 0 Å². The predicted octanol–water partition coefficient (Wildman–Crippen LogP) is 1.77. The lowest BCUT2D eigenvalue weighted by atomic mass is 10.0. The van der Waals surface area contributed by atoms with Gasteiger partial charge in [0.05, 0.1) is 0 Å². The first-order valence-corrected chi connectivity index (χ1v) is 7.19. The number of Topliss-reactive ketones (excluding diaryl/α,β-unsaturated/α-hetero) is 1. The molecule has 98 valence electrons. The zero-order valence-corrected chi connectivity index (χ0v) is 11.3. The van der Waals surface area contributed by atoms with Gasteiger partial charge in [0.15, 0.2) is 0 Å². The number of hydrogen-bond acceptors (Lipinski definition) is 3. The highest BCUT2D eigenvalue weighted by Gasteiger charge is 2.26. The van der Waals surface area contributed by atoms with Gasteiger partial charge in [-0.15, -0.1) is 0 Å². The van der Waals surface area contributed by atoms with Gasteiger partial charge >= 0.3 is 0 Å². The SMILES string of the molecule is CCN1CCN(CCC2CCCC2=O)CC1C. The highest BCUT2D eigenvalue weighted by molar-refractivity contribution is 5.82. The molecule has 0 spiro atoms. The molecule has 3 heteroatoms. The van der Waals surface area contributed by atoms with Gasteiger partial charge in [-0.05, 0) is 39.3 Å². The minimum absolute atomic E-state index is 0.384. The van der Waals surface area contributed by atoms with Gasteiger partial charge in [-0.2, -0.15) is 0 Å². The summed E-state index contributed by atoms with van der Waals surface area (Å²) < 4.78 is 0. The molecule has 0 aromatic heterocycles. The van der Waals surface area contributed by atoms with Crippen LogP contribution in [0, 0.1) is 5.92 Å². The lowest BCUT2D eigenvalue weighted by Crippen LogP contribution is -2.51. The maximum absolute atomic E-state index is 11.6. The Bertz CT molecular complexity index is 267. The van der Waals surface area contributed by atoms with Crippen molar-refractivity contribution < 1.29 is 4.79 Å². The van der Waals surface area contributed by atoms with Crippen LogP contribution in [0.5, 0.6) is 0 Å². The van der Waals surface area contributed by atoms with Gasteiger partial charge in [0.1, 0.15) is 5.78 Å². The molecule has 1 saturated heterocycles. The van der Waals surface area contributed by atoms with E-state index in [1.54, 1.807) is 0 Å². The van der Waals surface area contributed by atoms with Crippen LogP contribution in [0.4, 0.5) is 0 Å². The fraction of sp³-hybridized carbons (Fsp3) is 0.929. The molecule has 1 heterocycles. The van der Waals surface area contributed by atoms with E-state index in [0.29, 0.717) is 17.7 Å². The van der Waals surface area contributed by atoms with E-state index in [9.17, 15) is 4.79 Å². The van der Waals surface area contributed by atoms with Crippen LogP contribution in [-0.2, 0) is 4.79 Å². The molecule has 2 rings (SSSR count). The fourth-order valence-corrected chi connectivity index (χ4v) is 3.28. The Hall–Kier alpha value is -0.410. The van der Waals surface area contributed by atoms with Crippen molar-refractivity contribution in [3.8, 4) is 0 Å². The molecule has 1 aliphatic heterocycles. The quantitative estimate of drug-likeness (QED) is 0.746. The van der Waals surface area contributed by atoms with Gasteiger partial charge in [-0.1, -0.05) is 6.92 Å². The fourth-order valence-electron chi connectivity index (χ4n) is 3.28. The summed E-state index contributed by atoms with van der Waals surface area (Å²) in [5.41, 5.74) is 0. The number of likely N-dealkylation sites (N-methyl/N-ethyl adjacent to an activating group) is 1. The zero-order chi connectivity index (χ0) is 12.3. The first kappa shape index (κ1) is 13.0. The van der Waals surface area contributed by atoms with Gasteiger partial charge in [0.25, 0.3) is 0 Å². The second kappa shape index (κ2) is 5.96. The van der Waals surface area contributed by atoms with Crippen molar-refractivity contribution in [1.82, 2.24) is 9.80 Å². The summed E-state index contributed by atoms with van der Waals surface area (Å²) in [4.78, 5) is 16.7. The van der Waals surface area contributed by atoms with Crippen LogP contribution in [0.25, 0.3) is 0 Å². The highest BCUT2D eigenvalue weighted by Crippen LogP contribution is 2.24. The number of nitrogens with zero attached hydrogens (tertiary/aromatic N) is 2. The summed E-state index contributed by atoms with van der Waals surface area (Å²) in [6.07, 6.45) is 4.20. The first-order chi connectivity index (χ1) is 8.20. The second-order valence-corrected chi connectivity index (χ2v) is 5.62. The smallest absolute Gasteiger partial charge is 0.136 e. The van der Waals surface area contributed by atoms with Crippen molar-refractivity contribution in [2.75, 3.05) is 32.7 Å². The molecule has 3 nitrogen and oxygen atoms in total. The van der Waals surface area contributed by atoms with E-state index < -0.39 is 0 Å². The average molecular weight is 238 g/mol. The van der Waals surface area contributed by atoms with Gasteiger partial charge in [-0.25, -0.2) is 0 Å². The molecular weight excluding hydrogens is 212 g/mol. The van der Waals surface area contributed by atoms with Gasteiger partial charge in [0.2, 0.25) is 0 Å². The molecular formula is C14H26N2O. The summed E-state index contributed by atoms with van der Waals surface area (Å²) in [6.45, 7) is 10.4. The molecule has 0 aromatic rings. The predicted molar refractivity (Wildman–Crippen MR) is 70.1 cm³/mol. The van der Waals surface area contributed by atoms with Crippen molar-refractivity contribution in [1.29, 1.82) is 0 Å². The Morgan fingerprint density at radius 2 is 2.18 bits per heavy atom. The molecule has 2 unspecified atom stereocenters. The average Bonchev–Trinajstić information content (AvgIpc) is 2.72. The number of piperazine rings is 1. The largest absolute Gasteiger partial charge is 0.300 e. The molecule has 17 heavy (non-hydrogen) atoms. The van der Waals surface area contributed by atoms with E-state index >= 15 is 0 Å². The van der Waals surface area contributed by atoms with Crippen molar-refractivity contribution >= 4 is 5.78 Å². The molecule has 0 bridgehead atoms. The van der Waals surface area contributed by atoms with E-state index in [0.717, 1.165) is 38.8 Å². The van der Waals surface area contributed by atoms with Crippen molar-refractivity contribution in [2.45, 2.75) is 45.6 Å². The number of carbonyl (C=O) groups is 1. The molecule has 2 fully saturated rings. The van der Waals surface area contributed by atoms with E-state index in [1.807, 2.05) is 0 Å². The molecule has 1 saturated carbocycles. The van der Waals surface area contributed by atoms with Crippen LogP contribution in [0.3, 0.4) is 0 Å². The normalized spacial score (nSPS) is 32.2. The molecule has 0 radical (unpaired) electrons. The third-order valence-corrected chi connectivity index (χ3v) is 4.48. The van der Waals surface area contributed by atoms with Crippen LogP contribution in [0.1, 0.15) is 39.5 Å². The molecule has 0 N–H and O–H groups in total. The van der Waals surface area contributed by atoms with Crippen LogP contribution < -0.4 is 0 Å². The maximum atomic E-state index is 11.6. The summed E-state index contributed by atoms with van der Waals surface area (Å²) in [5.74, 6) is 0.903. The molecule has 2 aliphatic rings. The van der Waals surface area contributed by atoms with Crippen LogP contribution in [0.15, 0.2) is 0 Å². The lowest BCUT2D eigenvalue weighted by Gasteiger charge is -2.39. The number of ketones is 1. The Labute approximate surface area is 105 Å². The Morgan fingerprint density at radius 1 is 1.35 bits per heavy atom. The molecule has 1 aliphatic carbocycles.